The van der Waals surface area contributed by atoms with Gasteiger partial charge in [-0.25, -0.2) is 15.0 Å². The van der Waals surface area contributed by atoms with Crippen LogP contribution in [0, 0.1) is 0 Å². The van der Waals surface area contributed by atoms with Gasteiger partial charge in [0.2, 0.25) is 0 Å². The Bertz CT molecular complexity index is 3560. The third kappa shape index (κ3) is 5.88. The zero-order chi connectivity index (χ0) is 40.3. The first-order valence-electron chi connectivity index (χ1n) is 20.7. The van der Waals surface area contributed by atoms with Crippen LogP contribution in [0.5, 0.6) is 0 Å². The van der Waals surface area contributed by atoms with E-state index < -0.39 is 0 Å². The summed E-state index contributed by atoms with van der Waals surface area (Å²) in [4.78, 5) is 15.4. The number of nitrogens with zero attached hydrogens (tertiary/aromatic N) is 4. The number of para-hydroxylation sites is 1. The summed E-state index contributed by atoms with van der Waals surface area (Å²) in [6.45, 7) is 0. The standard InChI is InChI=1S/C57H36N4/c1-4-15-37(16-5-1)38-27-31-43(32-28-38)61-52-26-13-12-23-47(52)48-34-30-42(36-53(48)61)41-29-33-46-44-21-10-11-22-45(44)49-24-14-25-50(54(49)51(46)35-41)57-59-55(39-17-6-2-7-18-39)58-56(60-57)40-19-8-3-9-20-40/h1-36H. The van der Waals surface area contributed by atoms with Crippen molar-refractivity contribution in [1.82, 2.24) is 19.5 Å². The molecule has 0 amide bonds. The molecule has 12 aromatic rings. The highest BCUT2D eigenvalue weighted by molar-refractivity contribution is 6.28. The van der Waals surface area contributed by atoms with E-state index >= 15 is 0 Å². The third-order valence-corrected chi connectivity index (χ3v) is 12.0. The molecule has 61 heavy (non-hydrogen) atoms. The van der Waals surface area contributed by atoms with Crippen LogP contribution in [0.25, 0.3) is 116 Å². The van der Waals surface area contributed by atoms with Gasteiger partial charge in [0.05, 0.1) is 11.0 Å². The number of hydrogen-bond donors (Lipinski definition) is 0. The lowest BCUT2D eigenvalue weighted by Gasteiger charge is -2.16. The molecule has 0 aliphatic carbocycles. The molecule has 4 nitrogen and oxygen atoms in total. The molecule has 2 aromatic heterocycles. The first-order valence-corrected chi connectivity index (χ1v) is 20.7. The Morgan fingerprint density at radius 1 is 0.262 bits per heavy atom. The van der Waals surface area contributed by atoms with E-state index in [1.165, 1.54) is 49.1 Å². The normalized spacial score (nSPS) is 11.6. The maximum Gasteiger partial charge on any atom is 0.164 e. The molecule has 10 aromatic carbocycles. The van der Waals surface area contributed by atoms with Gasteiger partial charge in [0.1, 0.15) is 0 Å². The van der Waals surface area contributed by atoms with Crippen LogP contribution in [0.15, 0.2) is 218 Å². The molecule has 0 atom stereocenters. The van der Waals surface area contributed by atoms with Crippen molar-refractivity contribution in [3.8, 4) is 62.1 Å². The molecular weight excluding hydrogens is 741 g/mol. The molecule has 0 saturated heterocycles. The number of rotatable bonds is 6. The summed E-state index contributed by atoms with van der Waals surface area (Å²) in [5.41, 5.74) is 11.0. The maximum absolute atomic E-state index is 5.21. The molecule has 0 saturated carbocycles. The Balaban J connectivity index is 1.08. The molecule has 284 valence electrons. The van der Waals surface area contributed by atoms with E-state index in [1.54, 1.807) is 0 Å². The van der Waals surface area contributed by atoms with Crippen LogP contribution in [-0.4, -0.2) is 19.5 Å². The molecule has 2 heterocycles. The first-order chi connectivity index (χ1) is 30.2. The Kier molecular flexibility index (Phi) is 8.13. The lowest BCUT2D eigenvalue weighted by Crippen LogP contribution is -2.00. The fourth-order valence-electron chi connectivity index (χ4n) is 9.16. The minimum absolute atomic E-state index is 0.643. The van der Waals surface area contributed by atoms with Gasteiger partial charge in [0.25, 0.3) is 0 Å². The summed E-state index contributed by atoms with van der Waals surface area (Å²) in [6, 6.07) is 77.7. The topological polar surface area (TPSA) is 43.6 Å². The van der Waals surface area contributed by atoms with E-state index in [4.69, 9.17) is 15.0 Å². The molecule has 0 aliphatic heterocycles. The summed E-state index contributed by atoms with van der Waals surface area (Å²) in [6.07, 6.45) is 0. The fraction of sp³-hybridized carbons (Fsp3) is 0. The van der Waals surface area contributed by atoms with E-state index in [-0.39, 0.29) is 0 Å². The van der Waals surface area contributed by atoms with Crippen molar-refractivity contribution < 1.29 is 0 Å². The molecule has 0 unspecified atom stereocenters. The van der Waals surface area contributed by atoms with Gasteiger partial charge in [-0.2, -0.15) is 0 Å². The molecule has 0 aliphatic rings. The van der Waals surface area contributed by atoms with Gasteiger partial charge in [0.15, 0.2) is 17.5 Å². The molecule has 12 rings (SSSR count). The van der Waals surface area contributed by atoms with Crippen LogP contribution in [0.4, 0.5) is 0 Å². The van der Waals surface area contributed by atoms with Gasteiger partial charge in [-0.15, -0.1) is 0 Å². The van der Waals surface area contributed by atoms with Crippen LogP contribution in [0.1, 0.15) is 0 Å². The highest BCUT2D eigenvalue weighted by atomic mass is 15.0. The van der Waals surface area contributed by atoms with Gasteiger partial charge < -0.3 is 4.57 Å². The van der Waals surface area contributed by atoms with Gasteiger partial charge in [-0.3, -0.25) is 0 Å². The fourth-order valence-corrected chi connectivity index (χ4v) is 9.16. The Labute approximate surface area is 352 Å². The van der Waals surface area contributed by atoms with Gasteiger partial charge in [-0.05, 0) is 79.5 Å². The highest BCUT2D eigenvalue weighted by Gasteiger charge is 2.19. The highest BCUT2D eigenvalue weighted by Crippen LogP contribution is 2.42. The molecule has 0 spiro atoms. The lowest BCUT2D eigenvalue weighted by atomic mass is 9.89. The number of fused-ring (bicyclic) bond motifs is 9. The molecular formula is C57H36N4. The summed E-state index contributed by atoms with van der Waals surface area (Å²) in [7, 11) is 0. The van der Waals surface area contributed by atoms with Crippen molar-refractivity contribution in [2.24, 2.45) is 0 Å². The minimum Gasteiger partial charge on any atom is -0.309 e. The number of hydrogen-bond acceptors (Lipinski definition) is 3. The van der Waals surface area contributed by atoms with Crippen LogP contribution in [0.2, 0.25) is 0 Å². The van der Waals surface area contributed by atoms with Crippen molar-refractivity contribution in [2.45, 2.75) is 0 Å². The second kappa shape index (κ2) is 14.3. The predicted octanol–water partition coefficient (Wildman–Crippen LogP) is 14.8. The molecule has 0 N–H and O–H groups in total. The summed E-state index contributed by atoms with van der Waals surface area (Å²) >= 11 is 0. The van der Waals surface area contributed by atoms with Crippen LogP contribution >= 0.6 is 0 Å². The summed E-state index contributed by atoms with van der Waals surface area (Å²) in [5, 5.41) is 9.50. The summed E-state index contributed by atoms with van der Waals surface area (Å²) < 4.78 is 2.40. The number of aromatic nitrogens is 4. The van der Waals surface area contributed by atoms with E-state index in [9.17, 15) is 0 Å². The van der Waals surface area contributed by atoms with Gasteiger partial charge in [-0.1, -0.05) is 188 Å². The Hall–Kier alpha value is -8.21. The summed E-state index contributed by atoms with van der Waals surface area (Å²) in [5.74, 6) is 1.93. The lowest BCUT2D eigenvalue weighted by molar-refractivity contribution is 1.08. The molecule has 0 fully saturated rings. The zero-order valence-corrected chi connectivity index (χ0v) is 33.1. The first kappa shape index (κ1) is 34.8. The Morgan fingerprint density at radius 2 is 0.721 bits per heavy atom. The molecule has 0 radical (unpaired) electrons. The minimum atomic E-state index is 0.643. The van der Waals surface area contributed by atoms with Crippen molar-refractivity contribution in [1.29, 1.82) is 0 Å². The van der Waals surface area contributed by atoms with Crippen molar-refractivity contribution in [3.05, 3.63) is 218 Å². The van der Waals surface area contributed by atoms with E-state index in [1.807, 2.05) is 36.4 Å². The zero-order valence-electron chi connectivity index (χ0n) is 33.1. The monoisotopic (exact) mass is 776 g/mol. The SMILES string of the molecule is c1ccc(-c2ccc(-n3c4ccccc4c4ccc(-c5ccc6c7ccccc7c7cccc(-c8nc(-c9ccccc9)nc(-c9ccccc9)n8)c7c6c5)cc43)cc2)cc1. The van der Waals surface area contributed by atoms with Crippen molar-refractivity contribution in [3.63, 3.8) is 0 Å². The van der Waals surface area contributed by atoms with Crippen LogP contribution in [0.3, 0.4) is 0 Å². The van der Waals surface area contributed by atoms with Gasteiger partial charge in [0, 0.05) is 38.5 Å². The average molecular weight is 777 g/mol. The van der Waals surface area contributed by atoms with E-state index in [2.05, 4.69) is 187 Å². The van der Waals surface area contributed by atoms with Crippen LogP contribution < -0.4 is 0 Å². The second-order valence-corrected chi connectivity index (χ2v) is 15.6. The Morgan fingerprint density at radius 3 is 1.39 bits per heavy atom. The number of benzene rings is 10. The molecule has 0 bridgehead atoms. The van der Waals surface area contributed by atoms with Crippen molar-refractivity contribution in [2.75, 3.05) is 0 Å². The second-order valence-electron chi connectivity index (χ2n) is 15.6. The van der Waals surface area contributed by atoms with E-state index in [0.717, 1.165) is 49.7 Å². The van der Waals surface area contributed by atoms with E-state index in [0.29, 0.717) is 17.5 Å². The molecule has 4 heteroatoms. The smallest absolute Gasteiger partial charge is 0.164 e. The quantitative estimate of drug-likeness (QED) is 0.158. The maximum atomic E-state index is 5.21. The van der Waals surface area contributed by atoms with Crippen molar-refractivity contribution >= 4 is 54.1 Å². The van der Waals surface area contributed by atoms with Crippen LogP contribution in [-0.2, 0) is 0 Å². The van der Waals surface area contributed by atoms with Gasteiger partial charge >= 0.3 is 0 Å². The third-order valence-electron chi connectivity index (χ3n) is 12.0. The predicted molar refractivity (Wildman–Crippen MR) is 254 cm³/mol. The average Bonchev–Trinajstić information content (AvgIpc) is 3.68. The largest absolute Gasteiger partial charge is 0.309 e.